The van der Waals surface area contributed by atoms with Gasteiger partial charge in [0.2, 0.25) is 0 Å². The van der Waals surface area contributed by atoms with E-state index in [0.717, 1.165) is 24.4 Å². The molecule has 7 nitrogen and oxygen atoms in total. The van der Waals surface area contributed by atoms with E-state index in [0.29, 0.717) is 49.9 Å². The van der Waals surface area contributed by atoms with Crippen molar-refractivity contribution < 1.29 is 18.8 Å². The molecule has 1 aromatic carbocycles. The first-order valence-corrected chi connectivity index (χ1v) is 9.56. The van der Waals surface area contributed by atoms with Gasteiger partial charge in [0.1, 0.15) is 11.4 Å². The summed E-state index contributed by atoms with van der Waals surface area (Å²) >= 11 is 0. The van der Waals surface area contributed by atoms with E-state index in [9.17, 15) is 4.79 Å². The van der Waals surface area contributed by atoms with Crippen LogP contribution in [0.2, 0.25) is 0 Å². The van der Waals surface area contributed by atoms with E-state index >= 15 is 0 Å². The molecule has 1 saturated heterocycles. The molecular weight excluding hydrogens is 346 g/mol. The first-order valence-electron chi connectivity index (χ1n) is 9.56. The number of aromatic nitrogens is 2. The summed E-state index contributed by atoms with van der Waals surface area (Å²) in [6, 6.07) is 7.28. The molecule has 144 valence electrons. The zero-order chi connectivity index (χ0) is 18.9. The Morgan fingerprint density at radius 2 is 1.96 bits per heavy atom. The summed E-state index contributed by atoms with van der Waals surface area (Å²) in [7, 11) is 1.67. The molecule has 2 aromatic rings. The highest BCUT2D eigenvalue weighted by atomic mass is 16.5. The molecule has 0 unspecified atom stereocenters. The molecule has 7 heteroatoms. The Morgan fingerprint density at radius 1 is 1.26 bits per heavy atom. The lowest BCUT2D eigenvalue weighted by atomic mass is 9.90. The van der Waals surface area contributed by atoms with Gasteiger partial charge in [-0.25, -0.2) is 0 Å². The van der Waals surface area contributed by atoms with Crippen molar-refractivity contribution in [2.45, 2.75) is 44.1 Å². The SMILES string of the molecule is CCOc1ccc(C(=O)N2CCC(OC)(c3nc(C4CC4)no3)CC2)cc1. The molecule has 1 amide bonds. The number of methoxy groups -OCH3 is 1. The van der Waals surface area contributed by atoms with E-state index < -0.39 is 5.60 Å². The highest BCUT2D eigenvalue weighted by Crippen LogP contribution is 2.41. The number of carbonyl (C=O) groups excluding carboxylic acids is 1. The van der Waals surface area contributed by atoms with Gasteiger partial charge < -0.3 is 18.9 Å². The smallest absolute Gasteiger partial charge is 0.259 e. The van der Waals surface area contributed by atoms with Crippen molar-refractivity contribution in [2.75, 3.05) is 26.8 Å². The topological polar surface area (TPSA) is 77.7 Å². The number of amides is 1. The van der Waals surface area contributed by atoms with Crippen LogP contribution < -0.4 is 4.74 Å². The van der Waals surface area contributed by atoms with Gasteiger partial charge in [-0.15, -0.1) is 0 Å². The number of ether oxygens (including phenoxy) is 2. The second-order valence-corrected chi connectivity index (χ2v) is 7.18. The van der Waals surface area contributed by atoms with Gasteiger partial charge in [-0.2, -0.15) is 4.98 Å². The Labute approximate surface area is 158 Å². The van der Waals surface area contributed by atoms with Crippen LogP contribution >= 0.6 is 0 Å². The first kappa shape index (κ1) is 18.0. The predicted octanol–water partition coefficient (Wildman–Crippen LogP) is 3.12. The highest BCUT2D eigenvalue weighted by molar-refractivity contribution is 5.94. The van der Waals surface area contributed by atoms with Crippen molar-refractivity contribution >= 4 is 5.91 Å². The van der Waals surface area contributed by atoms with Crippen molar-refractivity contribution in [3.63, 3.8) is 0 Å². The number of carbonyl (C=O) groups is 1. The molecule has 2 heterocycles. The van der Waals surface area contributed by atoms with Crippen LogP contribution in [0.25, 0.3) is 0 Å². The van der Waals surface area contributed by atoms with E-state index in [1.165, 1.54) is 0 Å². The molecule has 27 heavy (non-hydrogen) atoms. The number of likely N-dealkylation sites (tertiary alicyclic amines) is 1. The average Bonchev–Trinajstić information content (AvgIpc) is 3.45. The lowest BCUT2D eigenvalue weighted by molar-refractivity contribution is -0.0779. The molecule has 4 rings (SSSR count). The van der Waals surface area contributed by atoms with Crippen molar-refractivity contribution in [2.24, 2.45) is 0 Å². The van der Waals surface area contributed by atoms with Crippen LogP contribution in [-0.2, 0) is 10.3 Å². The van der Waals surface area contributed by atoms with Crippen LogP contribution in [0.15, 0.2) is 28.8 Å². The summed E-state index contributed by atoms with van der Waals surface area (Å²) in [5.41, 5.74) is 0.0626. The summed E-state index contributed by atoms with van der Waals surface area (Å²) in [4.78, 5) is 19.2. The van der Waals surface area contributed by atoms with Gasteiger partial charge in [0.05, 0.1) is 6.61 Å². The molecular formula is C20H25N3O4. The average molecular weight is 371 g/mol. The van der Waals surface area contributed by atoms with Gasteiger partial charge in [0.15, 0.2) is 5.82 Å². The van der Waals surface area contributed by atoms with Crippen LogP contribution in [0.4, 0.5) is 0 Å². The number of benzene rings is 1. The van der Waals surface area contributed by atoms with Crippen LogP contribution in [0.5, 0.6) is 5.75 Å². The third-order valence-corrected chi connectivity index (χ3v) is 5.44. The number of nitrogens with zero attached hydrogens (tertiary/aromatic N) is 3. The molecule has 0 radical (unpaired) electrons. The second kappa shape index (κ2) is 7.31. The Kier molecular flexibility index (Phi) is 4.86. The molecule has 1 aliphatic carbocycles. The minimum absolute atomic E-state index is 0.0203. The van der Waals surface area contributed by atoms with Crippen molar-refractivity contribution in [1.29, 1.82) is 0 Å². The number of hydrogen-bond donors (Lipinski definition) is 0. The van der Waals surface area contributed by atoms with Gasteiger partial charge in [0.25, 0.3) is 11.8 Å². The summed E-state index contributed by atoms with van der Waals surface area (Å²) in [6.45, 7) is 3.71. The minimum atomic E-state index is -0.601. The van der Waals surface area contributed by atoms with Crippen molar-refractivity contribution in [1.82, 2.24) is 15.0 Å². The fourth-order valence-electron chi connectivity index (χ4n) is 3.55. The molecule has 2 aliphatic rings. The lowest BCUT2D eigenvalue weighted by Crippen LogP contribution is -2.46. The molecule has 1 saturated carbocycles. The summed E-state index contributed by atoms with van der Waals surface area (Å²) < 4.78 is 16.8. The Balaban J connectivity index is 1.42. The first-order chi connectivity index (χ1) is 13.1. The molecule has 0 bridgehead atoms. The molecule has 0 N–H and O–H groups in total. The fraction of sp³-hybridized carbons (Fsp3) is 0.550. The maximum atomic E-state index is 12.8. The zero-order valence-corrected chi connectivity index (χ0v) is 15.8. The van der Waals surface area contributed by atoms with Crippen LogP contribution in [0.1, 0.15) is 60.6 Å². The third-order valence-electron chi connectivity index (χ3n) is 5.44. The standard InChI is InChI=1S/C20H25N3O4/c1-3-26-16-8-6-15(7-9-16)18(24)23-12-10-20(25-2,11-13-23)19-21-17(22-27-19)14-4-5-14/h6-9,14H,3-5,10-13H2,1-2H3. The van der Waals surface area contributed by atoms with Gasteiger partial charge in [-0.1, -0.05) is 5.16 Å². The van der Waals surface area contributed by atoms with E-state index in [2.05, 4.69) is 10.1 Å². The fourth-order valence-corrected chi connectivity index (χ4v) is 3.55. The van der Waals surface area contributed by atoms with E-state index in [1.54, 1.807) is 7.11 Å². The Hall–Kier alpha value is -2.41. The lowest BCUT2D eigenvalue weighted by Gasteiger charge is -2.38. The van der Waals surface area contributed by atoms with Gasteiger partial charge in [0, 0.05) is 44.5 Å². The van der Waals surface area contributed by atoms with E-state index in [-0.39, 0.29) is 5.91 Å². The normalized spacial score (nSPS) is 19.1. The van der Waals surface area contributed by atoms with Crippen molar-refractivity contribution in [3.05, 3.63) is 41.5 Å². The molecule has 0 spiro atoms. The summed E-state index contributed by atoms with van der Waals surface area (Å²) in [6.07, 6.45) is 3.53. The third kappa shape index (κ3) is 3.56. The Bertz CT molecular complexity index is 790. The number of piperidine rings is 1. The predicted molar refractivity (Wildman–Crippen MR) is 97.7 cm³/mol. The van der Waals surface area contributed by atoms with Crippen molar-refractivity contribution in [3.8, 4) is 5.75 Å². The monoisotopic (exact) mass is 371 g/mol. The van der Waals surface area contributed by atoms with Gasteiger partial charge in [-0.05, 0) is 44.0 Å². The summed E-state index contributed by atoms with van der Waals surface area (Å²) in [5, 5.41) is 4.11. The Morgan fingerprint density at radius 3 is 2.56 bits per heavy atom. The van der Waals surface area contributed by atoms with E-state index in [1.807, 2.05) is 36.1 Å². The van der Waals surface area contributed by atoms with Gasteiger partial charge >= 0.3 is 0 Å². The van der Waals surface area contributed by atoms with Crippen LogP contribution in [0.3, 0.4) is 0 Å². The number of rotatable bonds is 6. The molecule has 1 aliphatic heterocycles. The largest absolute Gasteiger partial charge is 0.494 e. The van der Waals surface area contributed by atoms with Crippen LogP contribution in [-0.4, -0.2) is 47.8 Å². The number of hydrogen-bond acceptors (Lipinski definition) is 6. The minimum Gasteiger partial charge on any atom is -0.494 e. The van der Waals surface area contributed by atoms with Crippen LogP contribution in [0, 0.1) is 0 Å². The highest BCUT2D eigenvalue weighted by Gasteiger charge is 2.43. The maximum absolute atomic E-state index is 12.8. The quantitative estimate of drug-likeness (QED) is 0.776. The maximum Gasteiger partial charge on any atom is 0.259 e. The van der Waals surface area contributed by atoms with E-state index in [4.69, 9.17) is 14.0 Å². The second-order valence-electron chi connectivity index (χ2n) is 7.18. The molecule has 1 aromatic heterocycles. The summed E-state index contributed by atoms with van der Waals surface area (Å²) in [5.74, 6) is 2.56. The zero-order valence-electron chi connectivity index (χ0n) is 15.8. The molecule has 2 fully saturated rings. The molecule has 0 atom stereocenters. The van der Waals surface area contributed by atoms with Gasteiger partial charge in [-0.3, -0.25) is 4.79 Å².